The lowest BCUT2D eigenvalue weighted by molar-refractivity contribution is 0.0925. The van der Waals surface area contributed by atoms with Crippen molar-refractivity contribution in [2.45, 2.75) is 12.5 Å². The maximum atomic E-state index is 12.3. The van der Waals surface area contributed by atoms with Crippen LogP contribution in [0, 0.1) is 0 Å². The van der Waals surface area contributed by atoms with E-state index in [9.17, 15) is 4.79 Å². The summed E-state index contributed by atoms with van der Waals surface area (Å²) in [6.45, 7) is 0.626. The Labute approximate surface area is 124 Å². The molecular formula is C17H18N2O2. The molecule has 108 valence electrons. The molecule has 1 aliphatic heterocycles. The normalized spacial score (nSPS) is 16.5. The smallest absolute Gasteiger partial charge is 0.251 e. The summed E-state index contributed by atoms with van der Waals surface area (Å²) in [7, 11) is 1.86. The lowest BCUT2D eigenvalue weighted by atomic mass is 10.00. The fourth-order valence-electron chi connectivity index (χ4n) is 2.52. The van der Waals surface area contributed by atoms with Crippen LogP contribution in [0.2, 0.25) is 0 Å². The monoisotopic (exact) mass is 282 g/mol. The van der Waals surface area contributed by atoms with E-state index in [4.69, 9.17) is 4.74 Å². The van der Waals surface area contributed by atoms with Crippen LogP contribution >= 0.6 is 0 Å². The maximum absolute atomic E-state index is 12.3. The van der Waals surface area contributed by atoms with Gasteiger partial charge in [-0.25, -0.2) is 0 Å². The molecule has 0 aliphatic carbocycles. The third-order valence-corrected chi connectivity index (χ3v) is 3.70. The van der Waals surface area contributed by atoms with Crippen LogP contribution in [-0.2, 0) is 0 Å². The first-order valence-corrected chi connectivity index (χ1v) is 7.08. The Balaban J connectivity index is 1.76. The van der Waals surface area contributed by atoms with E-state index >= 15 is 0 Å². The summed E-state index contributed by atoms with van der Waals surface area (Å²) in [6.07, 6.45) is 0.789. The van der Waals surface area contributed by atoms with Crippen LogP contribution in [0.25, 0.3) is 0 Å². The van der Waals surface area contributed by atoms with E-state index in [-0.39, 0.29) is 11.9 Å². The van der Waals surface area contributed by atoms with Gasteiger partial charge in [0.2, 0.25) is 0 Å². The molecule has 2 N–H and O–H groups in total. The van der Waals surface area contributed by atoms with Crippen molar-refractivity contribution in [3.8, 4) is 5.75 Å². The van der Waals surface area contributed by atoms with Gasteiger partial charge in [-0.15, -0.1) is 0 Å². The fraction of sp³-hybridized carbons (Fsp3) is 0.235. The Morgan fingerprint density at radius 3 is 2.67 bits per heavy atom. The topological polar surface area (TPSA) is 50.4 Å². The number of hydrogen-bond donors (Lipinski definition) is 2. The minimum absolute atomic E-state index is 0.00595. The lowest BCUT2D eigenvalue weighted by Gasteiger charge is -2.26. The van der Waals surface area contributed by atoms with Gasteiger partial charge in [0.15, 0.2) is 0 Å². The minimum Gasteiger partial charge on any atom is -0.493 e. The fourth-order valence-corrected chi connectivity index (χ4v) is 2.52. The number of fused-ring (bicyclic) bond motifs is 1. The van der Waals surface area contributed by atoms with Gasteiger partial charge in [0.1, 0.15) is 5.75 Å². The number of amides is 1. The van der Waals surface area contributed by atoms with Gasteiger partial charge in [0, 0.05) is 30.3 Å². The molecule has 0 saturated carbocycles. The standard InChI is InChI=1S/C17H18N2O2/c1-18-13-8-6-12(7-9-13)17(20)19-15-10-11-21-16-5-3-2-4-14(15)16/h2-9,15,18H,10-11H2,1H3,(H,19,20). The van der Waals surface area contributed by atoms with Crippen LogP contribution in [0.4, 0.5) is 5.69 Å². The molecule has 0 fully saturated rings. The molecule has 1 aliphatic rings. The van der Waals surface area contributed by atoms with Crippen LogP contribution in [0.5, 0.6) is 5.75 Å². The number of rotatable bonds is 3. The summed E-state index contributed by atoms with van der Waals surface area (Å²) in [5.74, 6) is 0.805. The van der Waals surface area contributed by atoms with Crippen LogP contribution in [-0.4, -0.2) is 19.6 Å². The zero-order chi connectivity index (χ0) is 14.7. The van der Waals surface area contributed by atoms with Gasteiger partial charge in [-0.3, -0.25) is 4.79 Å². The van der Waals surface area contributed by atoms with Crippen molar-refractivity contribution in [2.24, 2.45) is 0 Å². The molecule has 4 heteroatoms. The van der Waals surface area contributed by atoms with E-state index in [1.807, 2.05) is 55.6 Å². The van der Waals surface area contributed by atoms with Gasteiger partial charge >= 0.3 is 0 Å². The zero-order valence-corrected chi connectivity index (χ0v) is 11.9. The average molecular weight is 282 g/mol. The second kappa shape index (κ2) is 5.87. The molecule has 1 atom stereocenters. The summed E-state index contributed by atoms with van der Waals surface area (Å²) < 4.78 is 5.61. The molecule has 0 bridgehead atoms. The first kappa shape index (κ1) is 13.5. The van der Waals surface area contributed by atoms with E-state index in [0.717, 1.165) is 23.4 Å². The molecule has 0 spiro atoms. The highest BCUT2D eigenvalue weighted by Gasteiger charge is 2.22. The Bertz CT molecular complexity index is 637. The number of nitrogens with one attached hydrogen (secondary N) is 2. The SMILES string of the molecule is CNc1ccc(C(=O)NC2CCOc3ccccc32)cc1. The van der Waals surface area contributed by atoms with E-state index in [1.165, 1.54) is 0 Å². The maximum Gasteiger partial charge on any atom is 0.251 e. The number of benzene rings is 2. The molecule has 2 aromatic rings. The van der Waals surface area contributed by atoms with Crippen LogP contribution in [0.15, 0.2) is 48.5 Å². The Hall–Kier alpha value is -2.49. The van der Waals surface area contributed by atoms with Gasteiger partial charge in [-0.1, -0.05) is 18.2 Å². The highest BCUT2D eigenvalue weighted by Crippen LogP contribution is 2.31. The van der Waals surface area contributed by atoms with Crippen molar-refractivity contribution in [1.29, 1.82) is 0 Å². The minimum atomic E-state index is -0.0562. The number of anilines is 1. The quantitative estimate of drug-likeness (QED) is 0.910. The van der Waals surface area contributed by atoms with Crippen molar-refractivity contribution >= 4 is 11.6 Å². The lowest BCUT2D eigenvalue weighted by Crippen LogP contribution is -2.32. The largest absolute Gasteiger partial charge is 0.493 e. The van der Waals surface area contributed by atoms with E-state index in [0.29, 0.717) is 12.2 Å². The summed E-state index contributed by atoms with van der Waals surface area (Å²) in [4.78, 5) is 12.3. The van der Waals surface area contributed by atoms with E-state index in [2.05, 4.69) is 10.6 Å². The van der Waals surface area contributed by atoms with Crippen molar-refractivity contribution in [3.63, 3.8) is 0 Å². The van der Waals surface area contributed by atoms with Crippen LogP contribution < -0.4 is 15.4 Å². The molecule has 0 saturated heterocycles. The second-order valence-electron chi connectivity index (χ2n) is 5.03. The molecule has 1 heterocycles. The highest BCUT2D eigenvalue weighted by atomic mass is 16.5. The number of carbonyl (C=O) groups excluding carboxylic acids is 1. The van der Waals surface area contributed by atoms with Gasteiger partial charge in [0.25, 0.3) is 5.91 Å². The Morgan fingerprint density at radius 1 is 1.14 bits per heavy atom. The van der Waals surface area contributed by atoms with Gasteiger partial charge in [-0.05, 0) is 30.3 Å². The predicted molar refractivity (Wildman–Crippen MR) is 82.7 cm³/mol. The first-order valence-electron chi connectivity index (χ1n) is 7.08. The molecule has 0 radical (unpaired) electrons. The van der Waals surface area contributed by atoms with Crippen LogP contribution in [0.3, 0.4) is 0 Å². The number of para-hydroxylation sites is 1. The average Bonchev–Trinajstić information content (AvgIpc) is 2.55. The predicted octanol–water partition coefficient (Wildman–Crippen LogP) is 2.98. The second-order valence-corrected chi connectivity index (χ2v) is 5.03. The molecule has 3 rings (SSSR count). The Kier molecular flexibility index (Phi) is 3.77. The highest BCUT2D eigenvalue weighted by molar-refractivity contribution is 5.94. The van der Waals surface area contributed by atoms with Crippen LogP contribution in [0.1, 0.15) is 28.4 Å². The number of hydrogen-bond acceptors (Lipinski definition) is 3. The molecule has 1 unspecified atom stereocenters. The van der Waals surface area contributed by atoms with Gasteiger partial charge < -0.3 is 15.4 Å². The molecule has 1 amide bonds. The van der Waals surface area contributed by atoms with Crippen molar-refractivity contribution in [1.82, 2.24) is 5.32 Å². The van der Waals surface area contributed by atoms with E-state index in [1.54, 1.807) is 0 Å². The number of carbonyl (C=O) groups is 1. The van der Waals surface area contributed by atoms with E-state index < -0.39 is 0 Å². The summed E-state index contributed by atoms with van der Waals surface area (Å²) in [5, 5.41) is 6.13. The molecule has 2 aromatic carbocycles. The zero-order valence-electron chi connectivity index (χ0n) is 11.9. The molecular weight excluding hydrogens is 264 g/mol. The van der Waals surface area contributed by atoms with Crippen molar-refractivity contribution in [3.05, 3.63) is 59.7 Å². The van der Waals surface area contributed by atoms with Gasteiger partial charge in [-0.2, -0.15) is 0 Å². The summed E-state index contributed by atoms with van der Waals surface area (Å²) >= 11 is 0. The third kappa shape index (κ3) is 2.84. The number of ether oxygens (including phenoxy) is 1. The summed E-state index contributed by atoms with van der Waals surface area (Å²) in [6, 6.07) is 15.3. The first-order chi connectivity index (χ1) is 10.3. The summed E-state index contributed by atoms with van der Waals surface area (Å²) in [5.41, 5.74) is 2.70. The van der Waals surface area contributed by atoms with Crippen molar-refractivity contribution in [2.75, 3.05) is 19.0 Å². The Morgan fingerprint density at radius 2 is 1.90 bits per heavy atom. The van der Waals surface area contributed by atoms with Crippen molar-refractivity contribution < 1.29 is 9.53 Å². The molecule has 4 nitrogen and oxygen atoms in total. The molecule has 0 aromatic heterocycles. The third-order valence-electron chi connectivity index (χ3n) is 3.70. The molecule has 21 heavy (non-hydrogen) atoms. The van der Waals surface area contributed by atoms with Gasteiger partial charge in [0.05, 0.1) is 12.6 Å².